The molecule has 29 heavy (non-hydrogen) atoms. The fourth-order valence-corrected chi connectivity index (χ4v) is 2.58. The molecule has 6 nitrogen and oxygen atoms in total. The molecule has 0 saturated carbocycles. The van der Waals surface area contributed by atoms with E-state index in [4.69, 9.17) is 9.47 Å². The van der Waals surface area contributed by atoms with Gasteiger partial charge >= 0.3 is 12.1 Å². The number of carbonyl (C=O) groups excluding carboxylic acids is 2. The van der Waals surface area contributed by atoms with Crippen molar-refractivity contribution in [2.45, 2.75) is 32.4 Å². The number of esters is 1. The zero-order chi connectivity index (χ0) is 20.9. The van der Waals surface area contributed by atoms with Gasteiger partial charge in [0.25, 0.3) is 0 Å². The summed E-state index contributed by atoms with van der Waals surface area (Å²) in [7, 11) is 1.30. The smallest absolute Gasteiger partial charge is 0.407 e. The van der Waals surface area contributed by atoms with E-state index in [0.717, 1.165) is 16.9 Å². The van der Waals surface area contributed by atoms with Crippen molar-refractivity contribution in [1.29, 1.82) is 0 Å². The second-order valence-electron chi connectivity index (χ2n) is 6.29. The Morgan fingerprint density at radius 2 is 1.79 bits per heavy atom. The van der Waals surface area contributed by atoms with Crippen LogP contribution in [0.3, 0.4) is 0 Å². The topological polar surface area (TPSA) is 73.9 Å². The van der Waals surface area contributed by atoms with Crippen LogP contribution in [0.25, 0.3) is 6.08 Å². The van der Waals surface area contributed by atoms with Crippen LogP contribution in [-0.4, -0.2) is 31.8 Å². The molecular weight excluding hydrogens is 370 g/mol. The van der Waals surface area contributed by atoms with Gasteiger partial charge in [-0.3, -0.25) is 4.79 Å². The molecule has 0 saturated heterocycles. The van der Waals surface area contributed by atoms with Crippen LogP contribution >= 0.6 is 0 Å². The number of alkyl carbamates (subject to hydrolysis) is 1. The van der Waals surface area contributed by atoms with Crippen LogP contribution in [0.5, 0.6) is 5.75 Å². The van der Waals surface area contributed by atoms with Crippen LogP contribution < -0.4 is 10.1 Å². The average Bonchev–Trinajstić information content (AvgIpc) is 2.75. The molecule has 0 bridgehead atoms. The van der Waals surface area contributed by atoms with Crippen molar-refractivity contribution in [3.63, 3.8) is 0 Å². The molecule has 0 radical (unpaired) electrons. The van der Waals surface area contributed by atoms with Gasteiger partial charge in [-0.1, -0.05) is 54.6 Å². The van der Waals surface area contributed by atoms with E-state index in [1.807, 2.05) is 66.7 Å². The zero-order valence-corrected chi connectivity index (χ0v) is 16.8. The standard InChI is InChI=1S/C23H27NO5/c1-3-28-22(25)16-13-20(24-23(26)27-2)12-9-18-10-14-21(15-11-18)29-17-19-7-5-4-6-8-19/h4-12,14-15,20H,3,13,16-17H2,1-2H3,(H,24,26)/b12-9+. The van der Waals surface area contributed by atoms with Gasteiger partial charge in [-0.2, -0.15) is 0 Å². The predicted octanol–water partition coefficient (Wildman–Crippen LogP) is 4.35. The lowest BCUT2D eigenvalue weighted by Crippen LogP contribution is -2.33. The molecule has 2 rings (SSSR count). The first-order valence-electron chi connectivity index (χ1n) is 9.55. The Hall–Kier alpha value is -3.28. The molecule has 1 atom stereocenters. The third-order valence-electron chi connectivity index (χ3n) is 4.10. The third kappa shape index (κ3) is 8.51. The molecule has 0 aliphatic rings. The molecule has 1 N–H and O–H groups in total. The van der Waals surface area contributed by atoms with Crippen molar-refractivity contribution >= 4 is 18.1 Å². The van der Waals surface area contributed by atoms with Crippen molar-refractivity contribution in [2.24, 2.45) is 0 Å². The highest BCUT2D eigenvalue weighted by Gasteiger charge is 2.12. The number of rotatable bonds is 10. The molecule has 1 unspecified atom stereocenters. The lowest BCUT2D eigenvalue weighted by molar-refractivity contribution is -0.143. The van der Waals surface area contributed by atoms with Gasteiger partial charge in [0.15, 0.2) is 0 Å². The number of ether oxygens (including phenoxy) is 3. The van der Waals surface area contributed by atoms with Gasteiger partial charge < -0.3 is 19.5 Å². The molecule has 0 spiro atoms. The van der Waals surface area contributed by atoms with Gasteiger partial charge in [-0.05, 0) is 36.6 Å². The Labute approximate surface area is 171 Å². The summed E-state index contributed by atoms with van der Waals surface area (Å²) in [6, 6.07) is 17.3. The quantitative estimate of drug-likeness (QED) is 0.604. The minimum Gasteiger partial charge on any atom is -0.489 e. The zero-order valence-electron chi connectivity index (χ0n) is 16.8. The van der Waals surface area contributed by atoms with E-state index >= 15 is 0 Å². The molecule has 0 aliphatic heterocycles. The Balaban J connectivity index is 1.92. The summed E-state index contributed by atoms with van der Waals surface area (Å²) >= 11 is 0. The van der Waals surface area contributed by atoms with Crippen LogP contribution in [0, 0.1) is 0 Å². The molecule has 6 heteroatoms. The monoisotopic (exact) mass is 397 g/mol. The van der Waals surface area contributed by atoms with Gasteiger partial charge in [-0.25, -0.2) is 4.79 Å². The molecule has 1 amide bonds. The average molecular weight is 397 g/mol. The maximum absolute atomic E-state index is 11.6. The molecule has 0 fully saturated rings. The Bertz CT molecular complexity index is 787. The molecule has 0 aliphatic carbocycles. The molecule has 0 aromatic heterocycles. The first-order valence-corrected chi connectivity index (χ1v) is 9.55. The van der Waals surface area contributed by atoms with Crippen LogP contribution in [-0.2, 0) is 20.9 Å². The fraction of sp³-hybridized carbons (Fsp3) is 0.304. The number of nitrogens with one attached hydrogen (secondary N) is 1. The number of amides is 1. The van der Waals surface area contributed by atoms with Gasteiger partial charge in [0.1, 0.15) is 12.4 Å². The van der Waals surface area contributed by atoms with Crippen molar-refractivity contribution < 1.29 is 23.8 Å². The van der Waals surface area contributed by atoms with Crippen LogP contribution in [0.4, 0.5) is 4.79 Å². The minimum absolute atomic E-state index is 0.207. The van der Waals surface area contributed by atoms with Crippen molar-refractivity contribution in [3.8, 4) is 5.75 Å². The number of benzene rings is 2. The van der Waals surface area contributed by atoms with E-state index in [1.165, 1.54) is 7.11 Å². The Kier molecular flexibility index (Phi) is 9.29. The summed E-state index contributed by atoms with van der Waals surface area (Å²) < 4.78 is 15.4. The van der Waals surface area contributed by atoms with E-state index in [2.05, 4.69) is 10.1 Å². The van der Waals surface area contributed by atoms with Gasteiger partial charge in [0.2, 0.25) is 0 Å². The highest BCUT2D eigenvalue weighted by atomic mass is 16.5. The number of hydrogen-bond donors (Lipinski definition) is 1. The summed E-state index contributed by atoms with van der Waals surface area (Å²) in [4.78, 5) is 23.1. The van der Waals surface area contributed by atoms with Crippen molar-refractivity contribution in [1.82, 2.24) is 5.32 Å². The Morgan fingerprint density at radius 3 is 2.45 bits per heavy atom. The van der Waals surface area contributed by atoms with Crippen molar-refractivity contribution in [3.05, 3.63) is 71.8 Å². The van der Waals surface area contributed by atoms with E-state index in [9.17, 15) is 9.59 Å². The summed E-state index contributed by atoms with van der Waals surface area (Å²) in [5.41, 5.74) is 2.06. The summed E-state index contributed by atoms with van der Waals surface area (Å²) in [5.74, 6) is 0.482. The van der Waals surface area contributed by atoms with Crippen LogP contribution in [0.1, 0.15) is 30.9 Å². The van der Waals surface area contributed by atoms with Crippen LogP contribution in [0.2, 0.25) is 0 Å². The molecule has 154 valence electrons. The molecule has 2 aromatic carbocycles. The molecule has 2 aromatic rings. The van der Waals surface area contributed by atoms with Gasteiger partial charge in [0.05, 0.1) is 19.8 Å². The minimum atomic E-state index is -0.548. The van der Waals surface area contributed by atoms with Crippen molar-refractivity contribution in [2.75, 3.05) is 13.7 Å². The fourth-order valence-electron chi connectivity index (χ4n) is 2.58. The number of hydrogen-bond acceptors (Lipinski definition) is 5. The first-order chi connectivity index (χ1) is 14.1. The van der Waals surface area contributed by atoms with E-state index in [1.54, 1.807) is 6.92 Å². The summed E-state index contributed by atoms with van der Waals surface area (Å²) in [5, 5.41) is 2.70. The maximum Gasteiger partial charge on any atom is 0.407 e. The van der Waals surface area contributed by atoms with E-state index < -0.39 is 6.09 Å². The predicted molar refractivity (Wildman–Crippen MR) is 111 cm³/mol. The lowest BCUT2D eigenvalue weighted by atomic mass is 10.1. The van der Waals surface area contributed by atoms with Gasteiger partial charge in [-0.15, -0.1) is 0 Å². The summed E-state index contributed by atoms with van der Waals surface area (Å²) in [6.07, 6.45) is 3.79. The highest BCUT2D eigenvalue weighted by molar-refractivity contribution is 5.70. The molecular formula is C23H27NO5. The lowest BCUT2D eigenvalue weighted by Gasteiger charge is -2.14. The number of carbonyl (C=O) groups is 2. The van der Waals surface area contributed by atoms with E-state index in [-0.39, 0.29) is 18.4 Å². The third-order valence-corrected chi connectivity index (χ3v) is 4.10. The first kappa shape index (κ1) is 22.0. The van der Waals surface area contributed by atoms with Gasteiger partial charge in [0, 0.05) is 6.42 Å². The largest absolute Gasteiger partial charge is 0.489 e. The normalized spacial score (nSPS) is 11.7. The number of methoxy groups -OCH3 is 1. The second kappa shape index (κ2) is 12.2. The maximum atomic E-state index is 11.6. The Morgan fingerprint density at radius 1 is 1.07 bits per heavy atom. The molecule has 0 heterocycles. The van der Waals surface area contributed by atoms with E-state index in [0.29, 0.717) is 19.6 Å². The second-order valence-corrected chi connectivity index (χ2v) is 6.29. The summed E-state index contributed by atoms with van der Waals surface area (Å²) in [6.45, 7) is 2.60. The SMILES string of the molecule is CCOC(=O)CCC(/C=C/c1ccc(OCc2ccccc2)cc1)NC(=O)OC. The highest BCUT2D eigenvalue weighted by Crippen LogP contribution is 2.16. The van der Waals surface area contributed by atoms with Crippen LogP contribution in [0.15, 0.2) is 60.7 Å².